The fraction of sp³-hybridized carbons (Fsp3) is 0.841. The first-order valence-electron chi connectivity index (χ1n) is 21.3. The van der Waals surface area contributed by atoms with Crippen molar-refractivity contribution in [1.82, 2.24) is 5.32 Å². The van der Waals surface area contributed by atoms with Gasteiger partial charge in [0, 0.05) is 0 Å². The molecule has 0 heterocycles. The molecule has 1 amide bonds. The van der Waals surface area contributed by atoms with E-state index in [9.17, 15) is 20.1 Å². The number of hydrogen-bond acceptors (Lipinski definition) is 4. The van der Waals surface area contributed by atoms with Crippen LogP contribution in [0.2, 0.25) is 0 Å². The molecule has 4 N–H and O–H groups in total. The first kappa shape index (κ1) is 47.6. The quantitative estimate of drug-likeness (QED) is 0.0384. The van der Waals surface area contributed by atoms with Gasteiger partial charge in [-0.25, -0.2) is 0 Å². The number of amides is 1. The van der Waals surface area contributed by atoms with E-state index in [1.54, 1.807) is 6.08 Å². The Hall–Kier alpha value is -1.43. The highest BCUT2D eigenvalue weighted by molar-refractivity contribution is 5.80. The number of carbonyl (C=O) groups is 1. The fourth-order valence-electron chi connectivity index (χ4n) is 6.46. The van der Waals surface area contributed by atoms with Crippen molar-refractivity contribution in [2.24, 2.45) is 0 Å². The Labute approximate surface area is 304 Å². The summed E-state index contributed by atoms with van der Waals surface area (Å²) in [5.41, 5.74) is 0. The molecule has 0 aliphatic heterocycles. The molecule has 0 aromatic heterocycles. The molecule has 0 saturated heterocycles. The van der Waals surface area contributed by atoms with Gasteiger partial charge in [0.2, 0.25) is 5.91 Å². The van der Waals surface area contributed by atoms with Crippen molar-refractivity contribution in [2.45, 2.75) is 231 Å². The third-order valence-corrected chi connectivity index (χ3v) is 9.81. The lowest BCUT2D eigenvalue weighted by Crippen LogP contribution is -2.48. The van der Waals surface area contributed by atoms with E-state index in [0.29, 0.717) is 6.42 Å². The number of hydrogen-bond donors (Lipinski definition) is 4. The number of aliphatic hydroxyl groups is 3. The molecule has 288 valence electrons. The van der Waals surface area contributed by atoms with E-state index < -0.39 is 24.2 Å². The number of unbranched alkanes of at least 4 members (excludes halogenated alkanes) is 27. The van der Waals surface area contributed by atoms with Crippen molar-refractivity contribution in [3.05, 3.63) is 36.5 Å². The van der Waals surface area contributed by atoms with Gasteiger partial charge in [-0.05, 0) is 39.0 Å². The largest absolute Gasteiger partial charge is 0.394 e. The van der Waals surface area contributed by atoms with Crippen molar-refractivity contribution < 1.29 is 20.1 Å². The molecule has 49 heavy (non-hydrogen) atoms. The molecule has 3 unspecified atom stereocenters. The maximum Gasteiger partial charge on any atom is 0.249 e. The van der Waals surface area contributed by atoms with Crippen molar-refractivity contribution in [2.75, 3.05) is 6.61 Å². The Morgan fingerprint density at radius 2 is 0.878 bits per heavy atom. The Bertz CT molecular complexity index is 764. The van der Waals surface area contributed by atoms with Crippen LogP contribution in [0, 0.1) is 0 Å². The van der Waals surface area contributed by atoms with Crippen molar-refractivity contribution in [3.63, 3.8) is 0 Å². The van der Waals surface area contributed by atoms with Crippen LogP contribution in [0.15, 0.2) is 36.5 Å². The van der Waals surface area contributed by atoms with E-state index in [1.807, 2.05) is 13.0 Å². The van der Waals surface area contributed by atoms with Crippen molar-refractivity contribution in [1.29, 1.82) is 0 Å². The molecule has 0 fully saturated rings. The average Bonchev–Trinajstić information content (AvgIpc) is 3.11. The number of rotatable bonds is 38. The van der Waals surface area contributed by atoms with Crippen LogP contribution in [-0.4, -0.2) is 46.1 Å². The molecular weight excluding hydrogens is 606 g/mol. The predicted octanol–water partition coefficient (Wildman–Crippen LogP) is 12.0. The summed E-state index contributed by atoms with van der Waals surface area (Å²) in [7, 11) is 0. The fourth-order valence-corrected chi connectivity index (χ4v) is 6.46. The first-order valence-corrected chi connectivity index (χ1v) is 21.3. The first-order chi connectivity index (χ1) is 24.1. The summed E-state index contributed by atoms with van der Waals surface area (Å²) in [5, 5.41) is 32.9. The van der Waals surface area contributed by atoms with Crippen LogP contribution in [0.3, 0.4) is 0 Å². The van der Waals surface area contributed by atoms with Crippen molar-refractivity contribution in [3.8, 4) is 0 Å². The van der Waals surface area contributed by atoms with Crippen LogP contribution < -0.4 is 5.32 Å². The van der Waals surface area contributed by atoms with Gasteiger partial charge in [0.05, 0.1) is 18.8 Å². The molecule has 0 aliphatic rings. The van der Waals surface area contributed by atoms with Crippen LogP contribution in [-0.2, 0) is 4.79 Å². The van der Waals surface area contributed by atoms with Gasteiger partial charge in [-0.15, -0.1) is 0 Å². The number of aliphatic hydroxyl groups excluding tert-OH is 3. The van der Waals surface area contributed by atoms with E-state index >= 15 is 0 Å². The Balaban J connectivity index is 3.54. The Morgan fingerprint density at radius 3 is 1.24 bits per heavy atom. The molecule has 3 atom stereocenters. The SMILES string of the molecule is C/C=C/CC/C=C/CC/C=C/C(O)C(CO)NC(=O)C(O)CCCCCCCCCCCCCCCCCCCCCCCCCCCC. The highest BCUT2D eigenvalue weighted by Gasteiger charge is 2.22. The molecule has 0 aromatic rings. The van der Waals surface area contributed by atoms with Crippen LogP contribution in [0.5, 0.6) is 0 Å². The summed E-state index contributed by atoms with van der Waals surface area (Å²) in [4.78, 5) is 12.4. The van der Waals surface area contributed by atoms with Gasteiger partial charge in [-0.1, -0.05) is 210 Å². The molecule has 0 bridgehead atoms. The third kappa shape index (κ3) is 34.8. The third-order valence-electron chi connectivity index (χ3n) is 9.81. The van der Waals surface area contributed by atoms with Crippen LogP contribution in [0.4, 0.5) is 0 Å². The van der Waals surface area contributed by atoms with Crippen LogP contribution >= 0.6 is 0 Å². The topological polar surface area (TPSA) is 89.8 Å². The van der Waals surface area contributed by atoms with Gasteiger partial charge in [0.1, 0.15) is 6.10 Å². The summed E-state index contributed by atoms with van der Waals surface area (Å²) in [6, 6.07) is -0.816. The standard InChI is InChI=1S/C44H83NO4/c1-3-5-7-9-11-13-14-15-16-17-18-19-20-21-22-23-24-25-26-27-28-29-31-33-35-37-39-43(48)44(49)45-41(40-46)42(47)38-36-34-32-30-12-10-8-6-4-2/h4,6,12,30,36,38,41-43,46-48H,3,5,7-11,13-29,31-35,37,39-40H2,1-2H3,(H,45,49)/b6-4+,30-12+,38-36+. The Kier molecular flexibility index (Phi) is 38.2. The Morgan fingerprint density at radius 1 is 0.531 bits per heavy atom. The monoisotopic (exact) mass is 690 g/mol. The van der Waals surface area contributed by atoms with Gasteiger partial charge >= 0.3 is 0 Å². The molecule has 0 aromatic carbocycles. The molecule has 0 radical (unpaired) electrons. The van der Waals surface area contributed by atoms with E-state index in [-0.39, 0.29) is 6.61 Å². The van der Waals surface area contributed by atoms with Gasteiger partial charge in [0.15, 0.2) is 0 Å². The van der Waals surface area contributed by atoms with Crippen molar-refractivity contribution >= 4 is 5.91 Å². The molecule has 0 rings (SSSR count). The number of allylic oxidation sites excluding steroid dienone is 5. The van der Waals surface area contributed by atoms with Gasteiger partial charge in [-0.3, -0.25) is 4.79 Å². The minimum atomic E-state index is -1.10. The van der Waals surface area contributed by atoms with Crippen LogP contribution in [0.25, 0.3) is 0 Å². The normalized spacial score (nSPS) is 14.0. The summed E-state index contributed by atoms with van der Waals surface area (Å²) < 4.78 is 0. The summed E-state index contributed by atoms with van der Waals surface area (Å²) in [5.74, 6) is -0.518. The summed E-state index contributed by atoms with van der Waals surface area (Å²) >= 11 is 0. The molecule has 5 nitrogen and oxygen atoms in total. The lowest BCUT2D eigenvalue weighted by Gasteiger charge is -2.21. The lowest BCUT2D eigenvalue weighted by atomic mass is 10.0. The summed E-state index contributed by atoms with van der Waals surface area (Å²) in [6.45, 7) is 3.93. The van der Waals surface area contributed by atoms with Gasteiger partial charge in [-0.2, -0.15) is 0 Å². The van der Waals surface area contributed by atoms with E-state index in [1.165, 1.54) is 148 Å². The molecular formula is C44H83NO4. The predicted molar refractivity (Wildman–Crippen MR) is 213 cm³/mol. The average molecular weight is 690 g/mol. The second kappa shape index (κ2) is 39.4. The smallest absolute Gasteiger partial charge is 0.249 e. The second-order valence-corrected chi connectivity index (χ2v) is 14.6. The van der Waals surface area contributed by atoms with Gasteiger partial charge < -0.3 is 20.6 Å². The lowest BCUT2D eigenvalue weighted by molar-refractivity contribution is -0.131. The number of nitrogens with one attached hydrogen (secondary N) is 1. The van der Waals surface area contributed by atoms with Gasteiger partial charge in [0.25, 0.3) is 0 Å². The highest BCUT2D eigenvalue weighted by Crippen LogP contribution is 2.16. The maximum atomic E-state index is 12.4. The molecule has 0 spiro atoms. The maximum absolute atomic E-state index is 12.4. The molecule has 0 saturated carbocycles. The summed E-state index contributed by atoms with van der Waals surface area (Å²) in [6.07, 6.45) is 49.3. The minimum absolute atomic E-state index is 0.381. The van der Waals surface area contributed by atoms with E-state index in [4.69, 9.17) is 0 Å². The molecule has 0 aliphatic carbocycles. The zero-order valence-corrected chi connectivity index (χ0v) is 32.6. The zero-order chi connectivity index (χ0) is 35.9. The van der Waals surface area contributed by atoms with E-state index in [2.05, 4.69) is 36.5 Å². The molecule has 5 heteroatoms. The zero-order valence-electron chi connectivity index (χ0n) is 32.6. The van der Waals surface area contributed by atoms with E-state index in [0.717, 1.165) is 44.9 Å². The number of carbonyl (C=O) groups excluding carboxylic acids is 1. The highest BCUT2D eigenvalue weighted by atomic mass is 16.3. The minimum Gasteiger partial charge on any atom is -0.394 e. The van der Waals surface area contributed by atoms with Crippen LogP contribution in [0.1, 0.15) is 213 Å². The second-order valence-electron chi connectivity index (χ2n) is 14.6.